The number of pyridine rings is 1. The molecule has 4 nitrogen and oxygen atoms in total. The monoisotopic (exact) mass is 325 g/mol. The zero-order chi connectivity index (χ0) is 15.8. The van der Waals surface area contributed by atoms with E-state index >= 15 is 0 Å². The summed E-state index contributed by atoms with van der Waals surface area (Å²) in [6.07, 6.45) is 1.85. The summed E-state index contributed by atoms with van der Waals surface area (Å²) in [4.78, 5) is 12.0. The molecule has 0 unspecified atom stereocenters. The lowest BCUT2D eigenvalue weighted by atomic mass is 9.96. The molecule has 1 aromatic heterocycles. The molecule has 0 bridgehead atoms. The van der Waals surface area contributed by atoms with Crippen molar-refractivity contribution in [3.63, 3.8) is 0 Å². The van der Waals surface area contributed by atoms with Gasteiger partial charge in [0.1, 0.15) is 11.8 Å². The second-order valence-electron chi connectivity index (χ2n) is 5.91. The van der Waals surface area contributed by atoms with Gasteiger partial charge in [-0.1, -0.05) is 36.9 Å². The van der Waals surface area contributed by atoms with Crippen LogP contribution in [0.25, 0.3) is 0 Å². The maximum absolute atomic E-state index is 5.29. The van der Waals surface area contributed by atoms with Crippen LogP contribution in [0.5, 0.6) is 5.75 Å². The van der Waals surface area contributed by atoms with E-state index in [0.717, 1.165) is 23.2 Å². The predicted octanol–water partition coefficient (Wildman–Crippen LogP) is 3.68. The Hall–Kier alpha value is -2.01. The molecule has 1 saturated heterocycles. The van der Waals surface area contributed by atoms with Crippen LogP contribution in [-0.4, -0.2) is 34.0 Å². The highest BCUT2D eigenvalue weighted by atomic mass is 32.2. The van der Waals surface area contributed by atoms with Crippen LogP contribution in [0.1, 0.15) is 30.3 Å². The number of benzene rings is 1. The molecule has 0 aliphatic carbocycles. The number of methoxy groups -OCH3 is 1. The van der Waals surface area contributed by atoms with Crippen LogP contribution in [0.15, 0.2) is 53.7 Å². The molecule has 3 atom stereocenters. The summed E-state index contributed by atoms with van der Waals surface area (Å²) < 4.78 is 5.29. The van der Waals surface area contributed by atoms with Crippen molar-refractivity contribution in [2.45, 2.75) is 24.3 Å². The molecule has 23 heavy (non-hydrogen) atoms. The van der Waals surface area contributed by atoms with Crippen LogP contribution in [0.2, 0.25) is 0 Å². The van der Waals surface area contributed by atoms with Gasteiger partial charge in [0, 0.05) is 18.0 Å². The summed E-state index contributed by atoms with van der Waals surface area (Å²) in [5.41, 5.74) is 2.29. The topological polar surface area (TPSA) is 37.7 Å². The summed E-state index contributed by atoms with van der Waals surface area (Å²) in [7, 11) is 1.70. The number of nitrogens with zero attached hydrogens (tertiary/aromatic N) is 3. The maximum Gasteiger partial charge on any atom is 0.160 e. The third-order valence-electron chi connectivity index (χ3n) is 4.34. The molecular formula is C18H19N3OS. The molecular weight excluding hydrogens is 306 g/mol. The van der Waals surface area contributed by atoms with Crippen molar-refractivity contribution in [3.05, 3.63) is 59.9 Å². The Balaban J connectivity index is 1.74. The first-order valence-corrected chi connectivity index (χ1v) is 8.70. The minimum absolute atomic E-state index is 0.0552. The van der Waals surface area contributed by atoms with Gasteiger partial charge in [0.2, 0.25) is 0 Å². The predicted molar refractivity (Wildman–Crippen MR) is 93.9 cm³/mol. The molecule has 2 aliphatic heterocycles. The molecule has 4 rings (SSSR count). The van der Waals surface area contributed by atoms with Crippen LogP contribution in [0.3, 0.4) is 0 Å². The van der Waals surface area contributed by atoms with Crippen molar-refractivity contribution in [1.82, 2.24) is 9.88 Å². The molecule has 2 aliphatic rings. The number of amidine groups is 1. The summed E-state index contributed by atoms with van der Waals surface area (Å²) in [5.74, 6) is 0.881. The minimum Gasteiger partial charge on any atom is -0.497 e. The molecule has 118 valence electrons. The fourth-order valence-electron chi connectivity index (χ4n) is 3.28. The molecule has 0 N–H and O–H groups in total. The summed E-state index contributed by atoms with van der Waals surface area (Å²) >= 11 is 1.86. The van der Waals surface area contributed by atoms with E-state index in [1.165, 1.54) is 5.56 Å². The van der Waals surface area contributed by atoms with Gasteiger partial charge in [-0.2, -0.15) is 0 Å². The molecule has 3 heterocycles. The van der Waals surface area contributed by atoms with Gasteiger partial charge >= 0.3 is 0 Å². The van der Waals surface area contributed by atoms with Crippen LogP contribution in [-0.2, 0) is 0 Å². The lowest BCUT2D eigenvalue weighted by molar-refractivity contribution is 0.321. The minimum atomic E-state index is 0.0552. The van der Waals surface area contributed by atoms with E-state index in [4.69, 9.17) is 9.73 Å². The van der Waals surface area contributed by atoms with E-state index in [9.17, 15) is 0 Å². The van der Waals surface area contributed by atoms with Crippen LogP contribution < -0.4 is 4.74 Å². The Kier molecular flexibility index (Phi) is 3.73. The molecule has 0 radical (unpaired) electrons. The van der Waals surface area contributed by atoms with Gasteiger partial charge < -0.3 is 9.64 Å². The highest BCUT2D eigenvalue weighted by molar-refractivity contribution is 8.14. The Morgan fingerprint density at radius 3 is 2.70 bits per heavy atom. The van der Waals surface area contributed by atoms with Gasteiger partial charge in [0.05, 0.1) is 18.8 Å². The van der Waals surface area contributed by atoms with Gasteiger partial charge in [-0.15, -0.1) is 0 Å². The summed E-state index contributed by atoms with van der Waals surface area (Å²) in [6, 6.07) is 14.7. The van der Waals surface area contributed by atoms with Crippen LogP contribution in [0, 0.1) is 0 Å². The van der Waals surface area contributed by atoms with E-state index in [1.807, 2.05) is 42.2 Å². The maximum atomic E-state index is 5.29. The molecule has 5 heteroatoms. The first-order chi connectivity index (χ1) is 11.3. The van der Waals surface area contributed by atoms with Crippen LogP contribution in [0.4, 0.5) is 0 Å². The number of hydrogen-bond acceptors (Lipinski definition) is 5. The number of aromatic nitrogens is 1. The van der Waals surface area contributed by atoms with Gasteiger partial charge in [-0.05, 0) is 29.8 Å². The quantitative estimate of drug-likeness (QED) is 0.863. The molecule has 1 aromatic carbocycles. The van der Waals surface area contributed by atoms with E-state index in [0.29, 0.717) is 5.25 Å². The van der Waals surface area contributed by atoms with Gasteiger partial charge in [0.15, 0.2) is 5.17 Å². The van der Waals surface area contributed by atoms with E-state index in [1.54, 1.807) is 7.11 Å². The lowest BCUT2D eigenvalue weighted by Crippen LogP contribution is -2.28. The van der Waals surface area contributed by atoms with Gasteiger partial charge in [0.25, 0.3) is 0 Å². The smallest absolute Gasteiger partial charge is 0.160 e. The first-order valence-electron chi connectivity index (χ1n) is 7.82. The van der Waals surface area contributed by atoms with Crippen molar-refractivity contribution >= 4 is 16.9 Å². The average molecular weight is 325 g/mol. The van der Waals surface area contributed by atoms with Crippen molar-refractivity contribution in [3.8, 4) is 5.75 Å². The highest BCUT2D eigenvalue weighted by Crippen LogP contribution is 2.47. The third kappa shape index (κ3) is 2.59. The van der Waals surface area contributed by atoms with E-state index in [-0.39, 0.29) is 12.1 Å². The third-order valence-corrected chi connectivity index (χ3v) is 5.44. The first kappa shape index (κ1) is 14.6. The number of hydrogen-bond donors (Lipinski definition) is 0. The Bertz CT molecular complexity index is 717. The fourth-order valence-corrected chi connectivity index (χ4v) is 4.37. The average Bonchev–Trinajstić information content (AvgIpc) is 3.11. The second kappa shape index (κ2) is 5.89. The zero-order valence-corrected chi connectivity index (χ0v) is 14.0. The van der Waals surface area contributed by atoms with Crippen molar-refractivity contribution in [1.29, 1.82) is 0 Å². The zero-order valence-electron chi connectivity index (χ0n) is 13.2. The normalized spacial score (nSPS) is 26.1. The lowest BCUT2D eigenvalue weighted by Gasteiger charge is -2.27. The molecule has 2 aromatic rings. The van der Waals surface area contributed by atoms with E-state index < -0.39 is 0 Å². The fraction of sp³-hybridized carbons (Fsp3) is 0.333. The molecule has 0 saturated carbocycles. The molecule has 1 fully saturated rings. The Morgan fingerprint density at radius 2 is 2.00 bits per heavy atom. The van der Waals surface area contributed by atoms with Crippen molar-refractivity contribution in [2.24, 2.45) is 4.99 Å². The summed E-state index contributed by atoms with van der Waals surface area (Å²) in [5, 5.41) is 1.73. The van der Waals surface area contributed by atoms with E-state index in [2.05, 4.69) is 35.0 Å². The number of aliphatic imine (C=N–C) groups is 1. The number of ether oxygens (including phenoxy) is 1. The standard InChI is InChI=1S/C18H19N3OS/c1-12-11-21-17(13-6-8-14(22-2)9-7-13)16(20-18(21)23-12)15-5-3-4-10-19-15/h3-10,12,16-17H,11H2,1-2H3/t12-,16-,17+/m0/s1. The highest BCUT2D eigenvalue weighted by Gasteiger charge is 2.43. The Morgan fingerprint density at radius 1 is 1.17 bits per heavy atom. The van der Waals surface area contributed by atoms with Crippen molar-refractivity contribution in [2.75, 3.05) is 13.7 Å². The van der Waals surface area contributed by atoms with Crippen LogP contribution >= 0.6 is 11.8 Å². The summed E-state index contributed by atoms with van der Waals surface area (Å²) in [6.45, 7) is 3.29. The van der Waals surface area contributed by atoms with Gasteiger partial charge in [-0.3, -0.25) is 9.98 Å². The molecule has 0 amide bonds. The number of thioether (sulfide) groups is 1. The number of rotatable bonds is 3. The van der Waals surface area contributed by atoms with Gasteiger partial charge in [-0.25, -0.2) is 0 Å². The number of fused-ring (bicyclic) bond motifs is 1. The SMILES string of the molecule is COc1ccc([C@@H]2[C@H](c3ccccn3)N=C3S[C@@H](C)CN32)cc1. The largest absolute Gasteiger partial charge is 0.497 e. The van der Waals surface area contributed by atoms with Crippen molar-refractivity contribution < 1.29 is 4.74 Å². The molecule has 0 spiro atoms. The Labute approximate surface area is 140 Å². The second-order valence-corrected chi connectivity index (χ2v) is 7.32.